The van der Waals surface area contributed by atoms with Crippen LogP contribution in [-0.4, -0.2) is 120 Å². The molecular formula is C43H57N11O7. The fraction of sp³-hybridized carbons (Fsp3) is 0.512. The molecule has 61 heavy (non-hydrogen) atoms. The van der Waals surface area contributed by atoms with Gasteiger partial charge in [-0.05, 0) is 68.8 Å². The topological polar surface area (TPSA) is 228 Å². The minimum absolute atomic E-state index is 0.0249. The average molecular weight is 840 g/mol. The SMILES string of the molecule is CNC(C)C(=O)NC(C(=O)N1CC2CC1C(=O)NC(Cc1ccccc1)C(=O)NC(C(=O)O)Cc1ccc(cc1)OCCCn1cc(nn1)CCCCc1cn2nn1)C(C)C. The number of rotatable bonds is 8. The number of nitrogens with zero attached hydrogens (tertiary/aromatic N) is 7. The van der Waals surface area contributed by atoms with E-state index in [4.69, 9.17) is 4.74 Å². The van der Waals surface area contributed by atoms with Crippen LogP contribution < -0.4 is 26.0 Å². The van der Waals surface area contributed by atoms with Gasteiger partial charge in [0, 0.05) is 51.2 Å². The number of fused-ring (bicyclic) bond motifs is 14. The Morgan fingerprint density at radius 2 is 1.61 bits per heavy atom. The Hall–Kier alpha value is -6.17. The number of aromatic nitrogens is 6. The van der Waals surface area contributed by atoms with E-state index < -0.39 is 59.9 Å². The number of hydrogen-bond donors (Lipinski definition) is 5. The van der Waals surface area contributed by atoms with E-state index in [0.717, 1.165) is 36.2 Å². The lowest BCUT2D eigenvalue weighted by Gasteiger charge is -2.31. The van der Waals surface area contributed by atoms with Crippen molar-refractivity contribution in [3.63, 3.8) is 0 Å². The molecule has 8 bridgehead atoms. The zero-order valence-electron chi connectivity index (χ0n) is 35.2. The van der Waals surface area contributed by atoms with Crippen LogP contribution in [0.5, 0.6) is 5.75 Å². The number of nitrogens with one attached hydrogen (secondary N) is 4. The van der Waals surface area contributed by atoms with Gasteiger partial charge in [0.25, 0.3) is 0 Å². The number of carbonyl (C=O) groups is 5. The zero-order chi connectivity index (χ0) is 43.5. The van der Waals surface area contributed by atoms with Gasteiger partial charge in [-0.25, -0.2) is 9.48 Å². The normalized spacial score (nSPS) is 21.6. The molecule has 0 saturated carbocycles. The lowest BCUT2D eigenvalue weighted by molar-refractivity contribution is -0.144. The van der Waals surface area contributed by atoms with Crippen molar-refractivity contribution in [1.29, 1.82) is 0 Å². The molecule has 3 aliphatic heterocycles. The number of ether oxygens (including phenoxy) is 1. The molecule has 6 unspecified atom stereocenters. The van der Waals surface area contributed by atoms with Crippen LogP contribution >= 0.6 is 0 Å². The number of benzene rings is 2. The fourth-order valence-corrected chi connectivity index (χ4v) is 7.55. The molecule has 1 fully saturated rings. The summed E-state index contributed by atoms with van der Waals surface area (Å²) >= 11 is 0. The first kappa shape index (κ1) is 44.4. The summed E-state index contributed by atoms with van der Waals surface area (Å²) < 4.78 is 9.40. The molecule has 4 aromatic rings. The largest absolute Gasteiger partial charge is 0.494 e. The number of likely N-dealkylation sites (N-methyl/N-ethyl adjacent to an activating group) is 1. The van der Waals surface area contributed by atoms with E-state index in [2.05, 4.69) is 41.9 Å². The molecule has 5 heterocycles. The minimum Gasteiger partial charge on any atom is -0.494 e. The number of carboxylic acids is 1. The summed E-state index contributed by atoms with van der Waals surface area (Å²) in [5.41, 5.74) is 3.05. The Morgan fingerprint density at radius 3 is 2.30 bits per heavy atom. The van der Waals surface area contributed by atoms with E-state index in [1.165, 1.54) is 4.90 Å². The molecule has 6 atom stereocenters. The Bertz CT molecular complexity index is 2110. The molecule has 18 heteroatoms. The molecule has 2 aromatic heterocycles. The molecule has 2 aromatic carbocycles. The van der Waals surface area contributed by atoms with Gasteiger partial charge >= 0.3 is 5.97 Å². The van der Waals surface area contributed by atoms with E-state index in [9.17, 15) is 29.1 Å². The van der Waals surface area contributed by atoms with Crippen molar-refractivity contribution >= 4 is 29.6 Å². The quantitative estimate of drug-likeness (QED) is 0.171. The maximum Gasteiger partial charge on any atom is 0.326 e. The van der Waals surface area contributed by atoms with Gasteiger partial charge in [0.05, 0.1) is 30.1 Å². The summed E-state index contributed by atoms with van der Waals surface area (Å²) in [6, 6.07) is 10.5. The van der Waals surface area contributed by atoms with E-state index in [-0.39, 0.29) is 37.6 Å². The number of likely N-dealkylation sites (tertiary alicyclic amines) is 1. The number of amides is 4. The second kappa shape index (κ2) is 20.9. The molecule has 1 saturated heterocycles. The van der Waals surface area contributed by atoms with Crippen LogP contribution in [0, 0.1) is 5.92 Å². The predicted molar refractivity (Wildman–Crippen MR) is 223 cm³/mol. The lowest BCUT2D eigenvalue weighted by atomic mass is 10.0. The first-order chi connectivity index (χ1) is 29.4. The van der Waals surface area contributed by atoms with Crippen molar-refractivity contribution in [3.8, 4) is 5.75 Å². The monoisotopic (exact) mass is 839 g/mol. The highest BCUT2D eigenvalue weighted by atomic mass is 16.5. The van der Waals surface area contributed by atoms with Gasteiger partial charge in [0.15, 0.2) is 0 Å². The summed E-state index contributed by atoms with van der Waals surface area (Å²) in [6.07, 6.45) is 7.75. The Kier molecular flexibility index (Phi) is 15.2. The van der Waals surface area contributed by atoms with Crippen LogP contribution in [0.4, 0.5) is 0 Å². The Labute approximate surface area is 355 Å². The van der Waals surface area contributed by atoms with Crippen LogP contribution in [0.25, 0.3) is 0 Å². The van der Waals surface area contributed by atoms with Gasteiger partial charge in [-0.2, -0.15) is 0 Å². The minimum atomic E-state index is -1.32. The van der Waals surface area contributed by atoms with Gasteiger partial charge in [-0.1, -0.05) is 66.7 Å². The first-order valence-corrected chi connectivity index (χ1v) is 21.1. The molecule has 7 rings (SSSR count). The van der Waals surface area contributed by atoms with Gasteiger partial charge in [-0.15, -0.1) is 10.2 Å². The molecule has 18 nitrogen and oxygen atoms in total. The van der Waals surface area contributed by atoms with E-state index in [1.54, 1.807) is 47.6 Å². The summed E-state index contributed by atoms with van der Waals surface area (Å²) in [6.45, 7) is 6.49. The number of carbonyl (C=O) groups excluding carboxylic acids is 4. The third kappa shape index (κ3) is 12.0. The second-order valence-electron chi connectivity index (χ2n) is 16.2. The highest BCUT2D eigenvalue weighted by molar-refractivity contribution is 5.96. The predicted octanol–water partition coefficient (Wildman–Crippen LogP) is 1.65. The number of aryl methyl sites for hydroxylation is 3. The third-order valence-corrected chi connectivity index (χ3v) is 11.2. The van der Waals surface area contributed by atoms with Crippen LogP contribution in [0.2, 0.25) is 0 Å². The van der Waals surface area contributed by atoms with Crippen molar-refractivity contribution < 1.29 is 33.8 Å². The molecule has 0 aliphatic carbocycles. The smallest absolute Gasteiger partial charge is 0.326 e. The van der Waals surface area contributed by atoms with Crippen LogP contribution in [0.1, 0.15) is 75.0 Å². The van der Waals surface area contributed by atoms with E-state index in [1.807, 2.05) is 56.6 Å². The maximum absolute atomic E-state index is 14.5. The van der Waals surface area contributed by atoms with E-state index in [0.29, 0.717) is 37.3 Å². The number of carboxylic acid groups (broad SMARTS) is 1. The van der Waals surface area contributed by atoms with Crippen LogP contribution in [-0.2, 0) is 56.2 Å². The van der Waals surface area contributed by atoms with Crippen LogP contribution in [0.3, 0.4) is 0 Å². The standard InChI is InChI=1S/C43H57N11O7/c1-27(2)38(47-39(55)28(3)44-4)42(58)53-26-33-23-37(53)41(57)45-35(21-29-11-6-5-7-12-29)40(56)46-36(43(59)60)22-30-15-17-34(18-16-30)61-20-10-19-52-24-31(48-50-52)13-8-9-14-32-25-54(33)51-49-32/h5-7,11-12,15-18,24-25,27-28,33,35-38,44H,8-10,13-14,19-23,26H2,1-4H3,(H,45,57)(H,46,56)(H,47,55)(H,59,60). The molecule has 0 radical (unpaired) electrons. The van der Waals surface area contributed by atoms with Gasteiger partial charge < -0.3 is 36.0 Å². The maximum atomic E-state index is 14.5. The zero-order valence-corrected chi connectivity index (χ0v) is 35.2. The summed E-state index contributed by atoms with van der Waals surface area (Å²) in [7, 11) is 1.65. The molecule has 0 spiro atoms. The summed E-state index contributed by atoms with van der Waals surface area (Å²) in [4.78, 5) is 70.2. The molecule has 4 amide bonds. The highest BCUT2D eigenvalue weighted by Crippen LogP contribution is 2.29. The fourth-order valence-electron chi connectivity index (χ4n) is 7.55. The molecular weight excluding hydrogens is 783 g/mol. The van der Waals surface area contributed by atoms with Crippen molar-refractivity contribution in [1.82, 2.24) is 56.2 Å². The van der Waals surface area contributed by atoms with E-state index >= 15 is 0 Å². The van der Waals surface area contributed by atoms with Gasteiger partial charge in [0.1, 0.15) is 29.9 Å². The van der Waals surface area contributed by atoms with Crippen molar-refractivity contribution in [2.75, 3.05) is 20.2 Å². The highest BCUT2D eigenvalue weighted by Gasteiger charge is 2.45. The average Bonchev–Trinajstić information content (AvgIpc) is 4.03. The number of aliphatic carboxylic acids is 1. The Morgan fingerprint density at radius 1 is 0.902 bits per heavy atom. The van der Waals surface area contributed by atoms with Crippen LogP contribution in [0.15, 0.2) is 67.0 Å². The second-order valence-corrected chi connectivity index (χ2v) is 16.2. The lowest BCUT2D eigenvalue weighted by Crippen LogP contribution is -2.59. The first-order valence-electron chi connectivity index (χ1n) is 21.1. The third-order valence-electron chi connectivity index (χ3n) is 11.2. The summed E-state index contributed by atoms with van der Waals surface area (Å²) in [5.74, 6) is -3.07. The van der Waals surface area contributed by atoms with Gasteiger partial charge in [-0.3, -0.25) is 23.9 Å². The Balaban J connectivity index is 1.30. The van der Waals surface area contributed by atoms with Crippen molar-refractivity contribution in [2.24, 2.45) is 5.92 Å². The van der Waals surface area contributed by atoms with Gasteiger partial charge in [0.2, 0.25) is 23.6 Å². The molecule has 5 N–H and O–H groups in total. The van der Waals surface area contributed by atoms with Crippen molar-refractivity contribution in [3.05, 3.63) is 89.5 Å². The number of hydrogen-bond acceptors (Lipinski definition) is 11. The summed E-state index contributed by atoms with van der Waals surface area (Å²) in [5, 5.41) is 39.0. The molecule has 3 aliphatic rings. The van der Waals surface area contributed by atoms with Crippen molar-refractivity contribution in [2.45, 2.75) is 115 Å². The molecule has 326 valence electrons.